The van der Waals surface area contributed by atoms with E-state index in [2.05, 4.69) is 11.8 Å². The van der Waals surface area contributed by atoms with E-state index in [0.29, 0.717) is 12.1 Å². The number of nitrogens with two attached hydrogens (primary N) is 2. The van der Waals surface area contributed by atoms with Crippen LogP contribution >= 0.6 is 0 Å². The van der Waals surface area contributed by atoms with Crippen LogP contribution in [0, 0.1) is 17.7 Å². The van der Waals surface area contributed by atoms with E-state index in [-0.39, 0.29) is 24.3 Å². The molecule has 1 aromatic rings. The topological polar surface area (TPSA) is 72.3 Å². The zero-order valence-electron chi connectivity index (χ0n) is 11.9. The summed E-state index contributed by atoms with van der Waals surface area (Å²) in [5.74, 6) is 5.01. The van der Waals surface area contributed by atoms with Crippen molar-refractivity contribution in [2.45, 2.75) is 31.8 Å². The molecule has 0 saturated carbocycles. The molecule has 1 heterocycles. The molecule has 21 heavy (non-hydrogen) atoms. The van der Waals surface area contributed by atoms with Gasteiger partial charge in [-0.25, -0.2) is 4.39 Å². The van der Waals surface area contributed by atoms with E-state index in [9.17, 15) is 9.18 Å². The number of primary amides is 1. The van der Waals surface area contributed by atoms with Crippen LogP contribution in [-0.2, 0) is 11.3 Å². The van der Waals surface area contributed by atoms with Crippen LogP contribution in [0.15, 0.2) is 18.2 Å². The molecule has 0 aromatic heterocycles. The lowest BCUT2D eigenvalue weighted by Gasteiger charge is -2.33. The van der Waals surface area contributed by atoms with Gasteiger partial charge in [-0.2, -0.15) is 0 Å². The molecule has 2 rings (SSSR count). The molecule has 1 aromatic carbocycles. The molecule has 1 atom stereocenters. The van der Waals surface area contributed by atoms with Gasteiger partial charge in [0.1, 0.15) is 5.82 Å². The average molecular weight is 289 g/mol. The minimum absolute atomic E-state index is 0.226. The number of piperidine rings is 1. The molecule has 1 amide bonds. The van der Waals surface area contributed by atoms with Crippen molar-refractivity contribution in [1.29, 1.82) is 0 Å². The predicted molar refractivity (Wildman–Crippen MR) is 79.6 cm³/mol. The molecule has 0 bridgehead atoms. The van der Waals surface area contributed by atoms with E-state index < -0.39 is 0 Å². The lowest BCUT2D eigenvalue weighted by atomic mass is 9.99. The second kappa shape index (κ2) is 7.21. The summed E-state index contributed by atoms with van der Waals surface area (Å²) in [6, 6.07) is 4.27. The quantitative estimate of drug-likeness (QED) is 0.815. The van der Waals surface area contributed by atoms with Crippen molar-refractivity contribution in [1.82, 2.24) is 4.90 Å². The molecule has 1 aliphatic heterocycles. The maximum Gasteiger partial charge on any atom is 0.234 e. The minimum atomic E-state index is -0.329. The number of carbonyl (C=O) groups excluding carboxylic acids is 1. The van der Waals surface area contributed by atoms with E-state index in [1.54, 1.807) is 6.07 Å². The third kappa shape index (κ3) is 4.03. The zero-order chi connectivity index (χ0) is 15.2. The number of carbonyl (C=O) groups is 1. The number of amides is 1. The van der Waals surface area contributed by atoms with Crippen molar-refractivity contribution >= 4 is 5.91 Å². The fraction of sp³-hybridized carbons (Fsp3) is 0.438. The normalized spacial score (nSPS) is 18.9. The van der Waals surface area contributed by atoms with Crippen LogP contribution in [0.1, 0.15) is 30.4 Å². The van der Waals surface area contributed by atoms with Crippen LogP contribution in [0.25, 0.3) is 0 Å². The monoisotopic (exact) mass is 289 g/mol. The number of benzene rings is 1. The van der Waals surface area contributed by atoms with E-state index in [1.165, 1.54) is 12.1 Å². The maximum absolute atomic E-state index is 13.4. The molecule has 0 spiro atoms. The lowest BCUT2D eigenvalue weighted by Crippen LogP contribution is -2.47. The van der Waals surface area contributed by atoms with Gasteiger partial charge in [-0.05, 0) is 37.1 Å². The summed E-state index contributed by atoms with van der Waals surface area (Å²) in [7, 11) is 0. The van der Waals surface area contributed by atoms with Gasteiger partial charge in [-0.3, -0.25) is 9.69 Å². The summed E-state index contributed by atoms with van der Waals surface area (Å²) in [5.41, 5.74) is 12.4. The molecule has 112 valence electrons. The van der Waals surface area contributed by atoms with Gasteiger partial charge in [0.05, 0.1) is 12.6 Å². The summed E-state index contributed by atoms with van der Waals surface area (Å²) < 4.78 is 13.4. The molecule has 1 saturated heterocycles. The SMILES string of the molecule is NCC#Cc1cc(F)ccc1CN1CCCCC1C(N)=O. The van der Waals surface area contributed by atoms with Gasteiger partial charge in [-0.1, -0.05) is 24.3 Å². The molecule has 1 unspecified atom stereocenters. The zero-order valence-corrected chi connectivity index (χ0v) is 11.9. The van der Waals surface area contributed by atoms with Gasteiger partial charge in [0.25, 0.3) is 0 Å². The average Bonchev–Trinajstić information content (AvgIpc) is 2.47. The first-order chi connectivity index (χ1) is 10.1. The Morgan fingerprint density at radius 1 is 1.43 bits per heavy atom. The Morgan fingerprint density at radius 3 is 2.95 bits per heavy atom. The maximum atomic E-state index is 13.4. The number of rotatable bonds is 3. The van der Waals surface area contributed by atoms with Crippen molar-refractivity contribution in [2.75, 3.05) is 13.1 Å². The van der Waals surface area contributed by atoms with Crippen LogP contribution in [0.4, 0.5) is 4.39 Å². The largest absolute Gasteiger partial charge is 0.368 e. The van der Waals surface area contributed by atoms with Gasteiger partial charge in [0, 0.05) is 12.1 Å². The second-order valence-electron chi connectivity index (χ2n) is 5.19. The minimum Gasteiger partial charge on any atom is -0.368 e. The first-order valence-electron chi connectivity index (χ1n) is 7.12. The van der Waals surface area contributed by atoms with Crippen molar-refractivity contribution in [3.05, 3.63) is 35.1 Å². The van der Waals surface area contributed by atoms with Gasteiger partial charge in [0.15, 0.2) is 0 Å². The van der Waals surface area contributed by atoms with E-state index in [0.717, 1.165) is 31.4 Å². The first-order valence-corrected chi connectivity index (χ1v) is 7.12. The van der Waals surface area contributed by atoms with Gasteiger partial charge in [0.2, 0.25) is 5.91 Å². The summed E-state index contributed by atoms with van der Waals surface area (Å²) in [6.07, 6.45) is 2.82. The van der Waals surface area contributed by atoms with Crippen molar-refractivity contribution in [3.8, 4) is 11.8 Å². The van der Waals surface area contributed by atoms with Crippen molar-refractivity contribution in [2.24, 2.45) is 11.5 Å². The van der Waals surface area contributed by atoms with E-state index in [4.69, 9.17) is 11.5 Å². The Labute approximate surface area is 124 Å². The molecule has 1 fully saturated rings. The molecule has 1 aliphatic rings. The molecule has 4 nitrogen and oxygen atoms in total. The summed E-state index contributed by atoms with van der Waals surface area (Å²) in [4.78, 5) is 13.6. The summed E-state index contributed by atoms with van der Waals surface area (Å²) in [6.45, 7) is 1.58. The predicted octanol–water partition coefficient (Wildman–Crippen LogP) is 0.976. The highest BCUT2D eigenvalue weighted by atomic mass is 19.1. The van der Waals surface area contributed by atoms with E-state index in [1.807, 2.05) is 4.90 Å². The highest BCUT2D eigenvalue weighted by Gasteiger charge is 2.27. The molecule has 0 aliphatic carbocycles. The molecule has 0 radical (unpaired) electrons. The number of nitrogens with zero attached hydrogens (tertiary/aromatic N) is 1. The summed E-state index contributed by atoms with van der Waals surface area (Å²) in [5, 5.41) is 0. The fourth-order valence-corrected chi connectivity index (χ4v) is 2.67. The highest BCUT2D eigenvalue weighted by molar-refractivity contribution is 5.79. The van der Waals surface area contributed by atoms with Crippen LogP contribution in [0.5, 0.6) is 0 Å². The smallest absolute Gasteiger partial charge is 0.234 e. The Bertz CT molecular complexity index is 577. The standard InChI is InChI=1S/C16H20FN3O/c17-14-7-6-13(12(10-14)4-3-8-18)11-20-9-2-1-5-15(20)16(19)21/h6-7,10,15H,1-2,5,8-9,11,18H2,(H2,19,21). The van der Waals surface area contributed by atoms with Crippen molar-refractivity contribution in [3.63, 3.8) is 0 Å². The Morgan fingerprint density at radius 2 is 2.24 bits per heavy atom. The molecule has 5 heteroatoms. The third-order valence-corrected chi connectivity index (χ3v) is 3.71. The van der Waals surface area contributed by atoms with E-state index >= 15 is 0 Å². The number of halogens is 1. The summed E-state index contributed by atoms with van der Waals surface area (Å²) >= 11 is 0. The van der Waals surface area contributed by atoms with Gasteiger partial charge >= 0.3 is 0 Å². The van der Waals surface area contributed by atoms with Crippen molar-refractivity contribution < 1.29 is 9.18 Å². The molecular formula is C16H20FN3O. The van der Waals surface area contributed by atoms with Gasteiger partial charge in [-0.15, -0.1) is 0 Å². The Balaban J connectivity index is 2.23. The number of hydrogen-bond acceptors (Lipinski definition) is 3. The third-order valence-electron chi connectivity index (χ3n) is 3.71. The fourth-order valence-electron chi connectivity index (χ4n) is 2.67. The molecular weight excluding hydrogens is 269 g/mol. The second-order valence-corrected chi connectivity index (χ2v) is 5.19. The van der Waals surface area contributed by atoms with Gasteiger partial charge < -0.3 is 11.5 Å². The highest BCUT2D eigenvalue weighted by Crippen LogP contribution is 2.21. The van der Waals surface area contributed by atoms with Crippen LogP contribution in [0.2, 0.25) is 0 Å². The first kappa shape index (κ1) is 15.5. The Kier molecular flexibility index (Phi) is 5.32. The van der Waals surface area contributed by atoms with Crippen LogP contribution < -0.4 is 11.5 Å². The lowest BCUT2D eigenvalue weighted by molar-refractivity contribution is -0.124. The van der Waals surface area contributed by atoms with Crippen LogP contribution in [-0.4, -0.2) is 29.9 Å². The Hall–Kier alpha value is -1.90. The van der Waals surface area contributed by atoms with Crippen LogP contribution in [0.3, 0.4) is 0 Å². The number of likely N-dealkylation sites (tertiary alicyclic amines) is 1. The molecule has 4 N–H and O–H groups in total. The number of hydrogen-bond donors (Lipinski definition) is 2.